The second-order valence-electron chi connectivity index (χ2n) is 6.29. The van der Waals surface area contributed by atoms with E-state index in [4.69, 9.17) is 4.42 Å². The number of nitrogens with one attached hydrogen (secondary N) is 1. The van der Waals surface area contributed by atoms with Gasteiger partial charge in [-0.05, 0) is 18.2 Å². The number of amides is 2. The molecule has 2 aliphatic heterocycles. The second kappa shape index (κ2) is 6.78. The largest absolute Gasteiger partial charge is 0.402 e. The molecule has 140 valence electrons. The molecule has 4 rings (SSSR count). The first-order chi connectivity index (χ1) is 13.0. The summed E-state index contributed by atoms with van der Waals surface area (Å²) in [7, 11) is 0. The fourth-order valence-corrected chi connectivity index (χ4v) is 3.08. The maximum absolute atomic E-state index is 13.7. The molecule has 1 fully saturated rings. The summed E-state index contributed by atoms with van der Waals surface area (Å²) in [5.41, 5.74) is 1.09. The molecule has 9 nitrogen and oxygen atoms in total. The molecule has 0 bridgehead atoms. The summed E-state index contributed by atoms with van der Waals surface area (Å²) in [4.78, 5) is 31.1. The van der Waals surface area contributed by atoms with Gasteiger partial charge in [0, 0.05) is 38.7 Å². The van der Waals surface area contributed by atoms with Gasteiger partial charge in [0.05, 0.1) is 5.69 Å². The van der Waals surface area contributed by atoms with Gasteiger partial charge in [-0.25, -0.2) is 4.39 Å². The van der Waals surface area contributed by atoms with E-state index < -0.39 is 5.82 Å². The molecule has 10 heteroatoms. The smallest absolute Gasteiger partial charge is 0.318 e. The van der Waals surface area contributed by atoms with Gasteiger partial charge >= 0.3 is 6.01 Å². The highest BCUT2D eigenvalue weighted by Crippen LogP contribution is 2.25. The van der Waals surface area contributed by atoms with Crippen molar-refractivity contribution in [2.24, 2.45) is 4.99 Å². The van der Waals surface area contributed by atoms with Crippen molar-refractivity contribution in [3.8, 4) is 0 Å². The molecule has 2 amide bonds. The first kappa shape index (κ1) is 17.1. The van der Waals surface area contributed by atoms with Gasteiger partial charge in [0.25, 0.3) is 5.89 Å². The van der Waals surface area contributed by atoms with Gasteiger partial charge in [-0.3, -0.25) is 14.6 Å². The third-order valence-electron chi connectivity index (χ3n) is 4.50. The number of nitrogens with zero attached hydrogens (tertiary/aromatic N) is 5. The number of hydrogen-bond donors (Lipinski definition) is 1. The van der Waals surface area contributed by atoms with Crippen molar-refractivity contribution < 1.29 is 18.4 Å². The fraction of sp³-hybridized carbons (Fsp3) is 0.353. The van der Waals surface area contributed by atoms with E-state index in [0.29, 0.717) is 43.4 Å². The Hall–Kier alpha value is -3.30. The van der Waals surface area contributed by atoms with E-state index in [2.05, 4.69) is 20.5 Å². The predicted molar refractivity (Wildman–Crippen MR) is 94.3 cm³/mol. The Bertz CT molecular complexity index is 933. The third kappa shape index (κ3) is 3.37. The van der Waals surface area contributed by atoms with Crippen LogP contribution in [0, 0.1) is 5.82 Å². The lowest BCUT2D eigenvalue weighted by Gasteiger charge is -2.32. The number of carbonyl (C=O) groups excluding carboxylic acids is 2. The minimum absolute atomic E-state index is 0.0319. The van der Waals surface area contributed by atoms with Crippen LogP contribution in [0.1, 0.15) is 18.4 Å². The van der Waals surface area contributed by atoms with Crippen LogP contribution in [0.25, 0.3) is 0 Å². The van der Waals surface area contributed by atoms with Crippen molar-refractivity contribution >= 4 is 29.2 Å². The van der Waals surface area contributed by atoms with Gasteiger partial charge < -0.3 is 19.5 Å². The first-order valence-corrected chi connectivity index (χ1v) is 8.50. The molecule has 0 saturated carbocycles. The Balaban J connectivity index is 1.61. The Morgan fingerprint density at radius 1 is 1.22 bits per heavy atom. The molecule has 1 aromatic heterocycles. The monoisotopic (exact) mass is 372 g/mol. The predicted octanol–water partition coefficient (Wildman–Crippen LogP) is 0.667. The van der Waals surface area contributed by atoms with Crippen LogP contribution in [-0.4, -0.2) is 65.3 Å². The highest BCUT2D eigenvalue weighted by molar-refractivity contribution is 6.17. The van der Waals surface area contributed by atoms with E-state index in [0.717, 1.165) is 0 Å². The van der Waals surface area contributed by atoms with Gasteiger partial charge in [0.2, 0.25) is 11.8 Å². The van der Waals surface area contributed by atoms with Crippen molar-refractivity contribution in [1.82, 2.24) is 15.1 Å². The van der Waals surface area contributed by atoms with Crippen LogP contribution in [-0.2, 0) is 9.59 Å². The average Bonchev–Trinajstić information content (AvgIpc) is 3.07. The lowest BCUT2D eigenvalue weighted by atomic mass is 10.1. The number of piperazine rings is 1. The van der Waals surface area contributed by atoms with Crippen molar-refractivity contribution in [3.63, 3.8) is 0 Å². The molecule has 0 spiro atoms. The highest BCUT2D eigenvalue weighted by Gasteiger charge is 2.26. The van der Waals surface area contributed by atoms with Crippen LogP contribution < -0.4 is 10.2 Å². The molecule has 2 aliphatic rings. The zero-order valence-electron chi connectivity index (χ0n) is 14.6. The van der Waals surface area contributed by atoms with Crippen molar-refractivity contribution in [2.45, 2.75) is 6.92 Å². The topological polar surface area (TPSA) is 104 Å². The van der Waals surface area contributed by atoms with Gasteiger partial charge in [-0.15, -0.1) is 5.10 Å². The summed E-state index contributed by atoms with van der Waals surface area (Å²) in [6.07, 6.45) is 0. The summed E-state index contributed by atoms with van der Waals surface area (Å²) in [5.74, 6) is -0.623. The third-order valence-corrected chi connectivity index (χ3v) is 4.50. The summed E-state index contributed by atoms with van der Waals surface area (Å²) < 4.78 is 19.5. The van der Waals surface area contributed by atoms with E-state index in [1.165, 1.54) is 25.1 Å². The summed E-state index contributed by atoms with van der Waals surface area (Å²) in [6, 6.07) is 4.31. The molecular weight excluding hydrogens is 355 g/mol. The van der Waals surface area contributed by atoms with Gasteiger partial charge in [-0.2, -0.15) is 0 Å². The number of anilines is 2. The Labute approximate surface area is 153 Å². The molecule has 0 aliphatic carbocycles. The van der Waals surface area contributed by atoms with E-state index in [-0.39, 0.29) is 30.0 Å². The summed E-state index contributed by atoms with van der Waals surface area (Å²) in [6.45, 7) is 3.69. The number of aliphatic imine (C=N–C) groups is 1. The number of fused-ring (bicyclic) bond motifs is 1. The van der Waals surface area contributed by atoms with E-state index >= 15 is 0 Å². The lowest BCUT2D eigenvalue weighted by molar-refractivity contribution is -0.129. The van der Waals surface area contributed by atoms with E-state index in [9.17, 15) is 14.0 Å². The highest BCUT2D eigenvalue weighted by atomic mass is 19.1. The van der Waals surface area contributed by atoms with Crippen LogP contribution >= 0.6 is 0 Å². The second-order valence-corrected chi connectivity index (χ2v) is 6.29. The lowest BCUT2D eigenvalue weighted by Crippen LogP contribution is -2.48. The summed E-state index contributed by atoms with van der Waals surface area (Å²) >= 11 is 0. The Morgan fingerprint density at radius 2 is 2.00 bits per heavy atom. The van der Waals surface area contributed by atoms with Crippen LogP contribution in [0.4, 0.5) is 16.1 Å². The van der Waals surface area contributed by atoms with Crippen molar-refractivity contribution in [1.29, 1.82) is 0 Å². The quantitative estimate of drug-likeness (QED) is 0.831. The minimum atomic E-state index is -0.460. The SMILES string of the molecule is CC(=O)N1CCN(c2nnc(C3=NCC(=O)Nc4ccc(F)cc43)o2)CC1. The molecule has 0 radical (unpaired) electrons. The summed E-state index contributed by atoms with van der Waals surface area (Å²) in [5, 5.41) is 10.8. The molecule has 3 heterocycles. The normalized spacial score (nSPS) is 17.1. The molecule has 1 aromatic carbocycles. The maximum atomic E-state index is 13.7. The number of benzodiazepines with no additional fused rings is 1. The van der Waals surface area contributed by atoms with Gasteiger partial charge in [0.1, 0.15) is 18.1 Å². The van der Waals surface area contributed by atoms with Gasteiger partial charge in [0.15, 0.2) is 0 Å². The number of carbonyl (C=O) groups is 2. The molecular formula is C17H17FN6O3. The first-order valence-electron chi connectivity index (χ1n) is 8.50. The number of aromatic nitrogens is 2. The molecule has 1 N–H and O–H groups in total. The molecule has 0 atom stereocenters. The van der Waals surface area contributed by atoms with Crippen LogP contribution in [0.3, 0.4) is 0 Å². The van der Waals surface area contributed by atoms with E-state index in [1.54, 1.807) is 4.90 Å². The molecule has 0 unspecified atom stereocenters. The van der Waals surface area contributed by atoms with E-state index in [1.807, 2.05) is 4.90 Å². The Kier molecular flexibility index (Phi) is 4.30. The maximum Gasteiger partial charge on any atom is 0.318 e. The molecule has 27 heavy (non-hydrogen) atoms. The zero-order chi connectivity index (χ0) is 19.0. The zero-order valence-corrected chi connectivity index (χ0v) is 14.6. The van der Waals surface area contributed by atoms with Crippen LogP contribution in [0.15, 0.2) is 27.6 Å². The van der Waals surface area contributed by atoms with Crippen LogP contribution in [0.5, 0.6) is 0 Å². The number of hydrogen-bond acceptors (Lipinski definition) is 7. The Morgan fingerprint density at radius 3 is 2.74 bits per heavy atom. The number of benzene rings is 1. The average molecular weight is 372 g/mol. The standard InChI is InChI=1S/C17H17FN6O3/c1-10(25)23-4-6-24(7-5-23)17-22-21-16(27-17)15-12-8-11(18)2-3-13(12)20-14(26)9-19-15/h2-3,8H,4-7,9H2,1H3,(H,20,26). The number of rotatable bonds is 2. The molecule has 1 saturated heterocycles. The van der Waals surface area contributed by atoms with Crippen LogP contribution in [0.2, 0.25) is 0 Å². The van der Waals surface area contributed by atoms with Gasteiger partial charge in [-0.1, -0.05) is 5.10 Å². The molecule has 2 aromatic rings. The fourth-order valence-electron chi connectivity index (χ4n) is 3.08. The van der Waals surface area contributed by atoms with Crippen molar-refractivity contribution in [2.75, 3.05) is 42.9 Å². The van der Waals surface area contributed by atoms with Crippen molar-refractivity contribution in [3.05, 3.63) is 35.5 Å². The number of halogens is 1. The minimum Gasteiger partial charge on any atom is -0.402 e.